The summed E-state index contributed by atoms with van der Waals surface area (Å²) in [5.41, 5.74) is 1.62. The van der Waals surface area contributed by atoms with Gasteiger partial charge in [-0.25, -0.2) is 0 Å². The van der Waals surface area contributed by atoms with E-state index in [0.29, 0.717) is 23.7 Å². The van der Waals surface area contributed by atoms with Crippen LogP contribution >= 0.6 is 11.8 Å². The molecule has 3 rings (SSSR count). The molecule has 1 atom stereocenters. The Kier molecular flexibility index (Phi) is 6.33. The van der Waals surface area contributed by atoms with Crippen LogP contribution in [0.15, 0.2) is 77.5 Å². The third kappa shape index (κ3) is 4.72. The topological polar surface area (TPSA) is 88.2 Å². The molecule has 0 saturated carbocycles. The number of nitro groups is 1. The molecule has 1 amide bonds. The third-order valence-electron chi connectivity index (χ3n) is 4.03. The molecule has 0 aliphatic carbocycles. The van der Waals surface area contributed by atoms with Crippen LogP contribution in [0.2, 0.25) is 0 Å². The summed E-state index contributed by atoms with van der Waals surface area (Å²) in [5.74, 6) is -0.0296. The Balaban J connectivity index is 1.76. The smallest absolute Gasteiger partial charge is 0.270 e. The number of thioether (sulfide) groups is 1. The number of hydrogen-bond donors (Lipinski definition) is 0. The van der Waals surface area contributed by atoms with Crippen LogP contribution in [0.5, 0.6) is 0 Å². The number of carbonyl (C=O) groups excluding carboxylic acids is 1. The molecule has 0 N–H and O–H groups in total. The third-order valence-corrected chi connectivity index (χ3v) is 5.19. The lowest BCUT2D eigenvalue weighted by Crippen LogP contribution is -2.32. The molecule has 28 heavy (non-hydrogen) atoms. The van der Waals surface area contributed by atoms with Gasteiger partial charge in [-0.2, -0.15) is 5.10 Å². The summed E-state index contributed by atoms with van der Waals surface area (Å²) in [6.07, 6.45) is 3.68. The fraction of sp³-hybridized carbons (Fsp3) is 0.150. The molecular weight excluding hydrogens is 376 g/mol. The number of hydrogen-bond acceptors (Lipinski definition) is 6. The van der Waals surface area contributed by atoms with Gasteiger partial charge in [0.05, 0.1) is 16.4 Å². The first kappa shape index (κ1) is 19.5. The summed E-state index contributed by atoms with van der Waals surface area (Å²) in [5, 5.41) is 19.3. The van der Waals surface area contributed by atoms with Crippen molar-refractivity contribution in [3.05, 3.63) is 88.5 Å². The van der Waals surface area contributed by atoms with Crippen LogP contribution in [0, 0.1) is 10.1 Å². The molecule has 0 radical (unpaired) electrons. The number of rotatable bonds is 7. The van der Waals surface area contributed by atoms with E-state index >= 15 is 0 Å². The Morgan fingerprint density at radius 3 is 2.71 bits per heavy atom. The first-order valence-electron chi connectivity index (χ1n) is 8.57. The first-order chi connectivity index (χ1) is 13.6. The Morgan fingerprint density at radius 1 is 1.21 bits per heavy atom. The largest absolute Gasteiger partial charge is 0.285 e. The molecule has 0 bridgehead atoms. The summed E-state index contributed by atoms with van der Waals surface area (Å²) in [7, 11) is 0. The number of amidine groups is 1. The van der Waals surface area contributed by atoms with Crippen molar-refractivity contribution >= 4 is 34.7 Å². The Morgan fingerprint density at radius 2 is 2.00 bits per heavy atom. The molecule has 0 unspecified atom stereocenters. The van der Waals surface area contributed by atoms with Gasteiger partial charge in [0.2, 0.25) is 5.91 Å². The average Bonchev–Trinajstić information content (AvgIpc) is 2.98. The average molecular weight is 394 g/mol. The molecule has 0 aromatic heterocycles. The highest BCUT2D eigenvalue weighted by Crippen LogP contribution is 2.30. The molecule has 7 nitrogen and oxygen atoms in total. The van der Waals surface area contributed by atoms with Gasteiger partial charge in [-0.3, -0.25) is 19.8 Å². The summed E-state index contributed by atoms with van der Waals surface area (Å²) in [6.45, 7) is 4.05. The maximum absolute atomic E-state index is 12.7. The molecular formula is C20H18N4O3S. The van der Waals surface area contributed by atoms with Crippen molar-refractivity contribution in [2.24, 2.45) is 10.2 Å². The number of nitrogens with zero attached hydrogens (tertiary/aromatic N) is 4. The van der Waals surface area contributed by atoms with Crippen molar-refractivity contribution < 1.29 is 9.72 Å². The quantitative estimate of drug-likeness (QED) is 0.310. The minimum atomic E-state index is -0.464. The zero-order valence-electron chi connectivity index (χ0n) is 15.0. The van der Waals surface area contributed by atoms with E-state index in [9.17, 15) is 14.9 Å². The standard InChI is InChI=1S/C20H18N4O3S/c1-2-11-23-19(25)18(13-15-7-4-3-5-8-15)28-20(23)22-21-14-16-9-6-10-17(12-16)24(26)27/h2-10,12,14,18H,1,11,13H2/b21-14-,22-20-/t18-/m0/s1. The molecule has 2 aromatic carbocycles. The van der Waals surface area contributed by atoms with Crippen molar-refractivity contribution in [3.63, 3.8) is 0 Å². The van der Waals surface area contributed by atoms with E-state index in [2.05, 4.69) is 16.8 Å². The van der Waals surface area contributed by atoms with Gasteiger partial charge in [-0.15, -0.1) is 11.7 Å². The predicted molar refractivity (Wildman–Crippen MR) is 112 cm³/mol. The summed E-state index contributed by atoms with van der Waals surface area (Å²) < 4.78 is 0. The van der Waals surface area contributed by atoms with Crippen molar-refractivity contribution in [3.8, 4) is 0 Å². The molecule has 1 fully saturated rings. The van der Waals surface area contributed by atoms with Crippen LogP contribution in [0.3, 0.4) is 0 Å². The van der Waals surface area contributed by atoms with Crippen molar-refractivity contribution in [1.82, 2.24) is 4.90 Å². The van der Waals surface area contributed by atoms with E-state index < -0.39 is 4.92 Å². The maximum atomic E-state index is 12.7. The first-order valence-corrected chi connectivity index (χ1v) is 9.45. The highest BCUT2D eigenvalue weighted by Gasteiger charge is 2.37. The predicted octanol–water partition coefficient (Wildman–Crippen LogP) is 3.66. The van der Waals surface area contributed by atoms with Crippen LogP contribution in [-0.4, -0.2) is 38.9 Å². The molecule has 142 valence electrons. The zero-order valence-corrected chi connectivity index (χ0v) is 15.8. The highest BCUT2D eigenvalue weighted by atomic mass is 32.2. The monoisotopic (exact) mass is 394 g/mol. The van der Waals surface area contributed by atoms with Crippen molar-refractivity contribution in [2.75, 3.05) is 6.54 Å². The molecule has 1 saturated heterocycles. The Labute approximate surface area is 166 Å². The van der Waals surface area contributed by atoms with Crippen LogP contribution in [0.25, 0.3) is 0 Å². The summed E-state index contributed by atoms with van der Waals surface area (Å²) >= 11 is 1.36. The fourth-order valence-electron chi connectivity index (χ4n) is 2.70. The van der Waals surface area contributed by atoms with Gasteiger partial charge in [0, 0.05) is 24.2 Å². The normalized spacial score (nSPS) is 18.1. The number of nitro benzene ring substituents is 1. The molecule has 0 spiro atoms. The second-order valence-electron chi connectivity index (χ2n) is 6.01. The van der Waals surface area contributed by atoms with Crippen molar-refractivity contribution in [2.45, 2.75) is 11.7 Å². The van der Waals surface area contributed by atoms with Gasteiger partial charge in [0.1, 0.15) is 0 Å². The van der Waals surface area contributed by atoms with Gasteiger partial charge in [-0.1, -0.05) is 60.3 Å². The maximum Gasteiger partial charge on any atom is 0.270 e. The molecule has 2 aromatic rings. The van der Waals surface area contributed by atoms with Crippen LogP contribution in [0.4, 0.5) is 5.69 Å². The van der Waals surface area contributed by atoms with E-state index in [-0.39, 0.29) is 16.8 Å². The Hall–Kier alpha value is -3.26. The van der Waals surface area contributed by atoms with Gasteiger partial charge in [0.25, 0.3) is 5.69 Å². The lowest BCUT2D eigenvalue weighted by Gasteiger charge is -2.12. The lowest BCUT2D eigenvalue weighted by molar-refractivity contribution is -0.384. The molecule has 1 heterocycles. The number of amides is 1. The van der Waals surface area contributed by atoms with E-state index in [1.54, 1.807) is 23.1 Å². The summed E-state index contributed by atoms with van der Waals surface area (Å²) in [4.78, 5) is 24.7. The minimum Gasteiger partial charge on any atom is -0.285 e. The number of carbonyl (C=O) groups is 1. The minimum absolute atomic E-state index is 0.0155. The van der Waals surface area contributed by atoms with E-state index in [1.165, 1.54) is 30.1 Å². The fourth-order valence-corrected chi connectivity index (χ4v) is 3.85. The molecule has 8 heteroatoms. The van der Waals surface area contributed by atoms with Gasteiger partial charge >= 0.3 is 0 Å². The molecule has 1 aliphatic heterocycles. The second kappa shape index (κ2) is 9.09. The van der Waals surface area contributed by atoms with E-state index in [4.69, 9.17) is 0 Å². The van der Waals surface area contributed by atoms with Crippen molar-refractivity contribution in [1.29, 1.82) is 0 Å². The Bertz CT molecular complexity index is 943. The second-order valence-corrected chi connectivity index (χ2v) is 7.18. The summed E-state index contributed by atoms with van der Waals surface area (Å²) in [6, 6.07) is 15.9. The van der Waals surface area contributed by atoms with Gasteiger partial charge < -0.3 is 0 Å². The van der Waals surface area contributed by atoms with Crippen LogP contribution < -0.4 is 0 Å². The van der Waals surface area contributed by atoms with E-state index in [0.717, 1.165) is 5.56 Å². The zero-order chi connectivity index (χ0) is 19.9. The van der Waals surface area contributed by atoms with Crippen LogP contribution in [0.1, 0.15) is 11.1 Å². The van der Waals surface area contributed by atoms with Crippen LogP contribution in [-0.2, 0) is 11.2 Å². The molecule has 1 aliphatic rings. The SMILES string of the molecule is C=CCN1C(=O)[C@H](Cc2ccccc2)S/C1=N\N=C/c1cccc([N+](=O)[O-])c1. The van der Waals surface area contributed by atoms with Gasteiger partial charge in [-0.05, 0) is 12.0 Å². The highest BCUT2D eigenvalue weighted by molar-refractivity contribution is 8.15. The van der Waals surface area contributed by atoms with Gasteiger partial charge in [0.15, 0.2) is 5.17 Å². The lowest BCUT2D eigenvalue weighted by atomic mass is 10.1. The number of non-ortho nitro benzene ring substituents is 1. The van der Waals surface area contributed by atoms with E-state index in [1.807, 2.05) is 30.3 Å². The number of benzene rings is 2.